The third-order valence-electron chi connectivity index (χ3n) is 6.25. The lowest BCUT2D eigenvalue weighted by Crippen LogP contribution is -2.26. The molecular weight excluding hydrogens is 609 g/mol. The second-order valence-corrected chi connectivity index (χ2v) is 10.4. The number of hydrogen-bond donors (Lipinski definition) is 1. The normalized spacial score (nSPS) is 14.1. The molecule has 200 valence electrons. The molecule has 8 nitrogen and oxygen atoms in total. The highest BCUT2D eigenvalue weighted by Crippen LogP contribution is 2.52. The van der Waals surface area contributed by atoms with Gasteiger partial charge in [0.25, 0.3) is 0 Å². The molecule has 0 aliphatic heterocycles. The third kappa shape index (κ3) is 6.34. The van der Waals surface area contributed by atoms with Crippen LogP contribution in [0.4, 0.5) is 0 Å². The predicted octanol–water partition coefficient (Wildman–Crippen LogP) is 4.84. The van der Waals surface area contributed by atoms with Gasteiger partial charge in [0.05, 0.1) is 32.3 Å². The van der Waals surface area contributed by atoms with Crippen molar-refractivity contribution in [2.24, 2.45) is 0 Å². The molecule has 0 spiro atoms. The molecule has 0 saturated heterocycles. The number of thioether (sulfide) groups is 1. The predicted molar refractivity (Wildman–Crippen MR) is 152 cm³/mol. The van der Waals surface area contributed by atoms with Crippen LogP contribution in [0.15, 0.2) is 27.9 Å². The fraction of sp³-hybridized carbons (Fsp3) is 0.444. The average Bonchev–Trinajstić information content (AvgIpc) is 3.13. The van der Waals surface area contributed by atoms with Gasteiger partial charge < -0.3 is 24.3 Å². The molecule has 1 unspecified atom stereocenters. The number of fused-ring (bicyclic) bond motifs is 3. The second kappa shape index (κ2) is 13.4. The van der Waals surface area contributed by atoms with Crippen LogP contribution in [0.3, 0.4) is 0 Å². The maximum Gasteiger partial charge on any atom is 0.306 e. The maximum absolute atomic E-state index is 13.0. The molecule has 0 heterocycles. The highest BCUT2D eigenvalue weighted by molar-refractivity contribution is 14.1. The van der Waals surface area contributed by atoms with Crippen LogP contribution in [0.5, 0.6) is 17.2 Å². The number of carbonyl (C=O) groups is 2. The molecule has 1 N–H and O–H groups in total. The van der Waals surface area contributed by atoms with Gasteiger partial charge >= 0.3 is 5.97 Å². The highest BCUT2D eigenvalue weighted by atomic mass is 127. The Morgan fingerprint density at radius 2 is 1.81 bits per heavy atom. The number of benzene rings is 1. The van der Waals surface area contributed by atoms with Crippen molar-refractivity contribution >= 4 is 46.2 Å². The van der Waals surface area contributed by atoms with Gasteiger partial charge in [0.1, 0.15) is 6.61 Å². The highest BCUT2D eigenvalue weighted by Gasteiger charge is 2.33. The first-order valence-corrected chi connectivity index (χ1v) is 14.6. The van der Waals surface area contributed by atoms with Crippen LogP contribution in [0.25, 0.3) is 11.1 Å². The van der Waals surface area contributed by atoms with Gasteiger partial charge in [-0.1, -0.05) is 28.7 Å². The first-order chi connectivity index (χ1) is 17.8. The zero-order valence-corrected chi connectivity index (χ0v) is 24.7. The Morgan fingerprint density at radius 3 is 2.41 bits per heavy atom. The SMILES string of the molecule is COc1c(COC(=O)CCCI)c2c(c(OC)c1OC)-c1ccc(SC)c(=O)cc1C(NC(C)=O)CC2. The minimum atomic E-state index is -0.407. The molecule has 0 fully saturated rings. The molecule has 0 aromatic heterocycles. The molecule has 1 aliphatic carbocycles. The Hall–Kier alpha value is -2.47. The Labute approximate surface area is 234 Å². The summed E-state index contributed by atoms with van der Waals surface area (Å²) in [5.74, 6) is 0.749. The van der Waals surface area contributed by atoms with Gasteiger partial charge in [-0.2, -0.15) is 0 Å². The number of carbonyl (C=O) groups excluding carboxylic acids is 2. The number of rotatable bonds is 10. The molecule has 2 aromatic rings. The van der Waals surface area contributed by atoms with E-state index in [0.29, 0.717) is 52.5 Å². The first-order valence-electron chi connectivity index (χ1n) is 11.9. The topological polar surface area (TPSA) is 100 Å². The number of ether oxygens (including phenoxy) is 4. The molecule has 37 heavy (non-hydrogen) atoms. The molecule has 1 aliphatic rings. The monoisotopic (exact) mass is 641 g/mol. The minimum Gasteiger partial charge on any atom is -0.492 e. The van der Waals surface area contributed by atoms with E-state index in [4.69, 9.17) is 18.9 Å². The minimum absolute atomic E-state index is 0.00605. The summed E-state index contributed by atoms with van der Waals surface area (Å²) < 4.78 is 23.9. The van der Waals surface area contributed by atoms with Crippen LogP contribution in [-0.2, 0) is 27.4 Å². The van der Waals surface area contributed by atoms with E-state index in [1.165, 1.54) is 32.9 Å². The Bertz CT molecular complexity index is 1230. The Balaban J connectivity index is 2.36. The molecule has 0 saturated carbocycles. The van der Waals surface area contributed by atoms with Crippen LogP contribution in [-0.4, -0.2) is 43.9 Å². The van der Waals surface area contributed by atoms with E-state index in [-0.39, 0.29) is 23.9 Å². The fourth-order valence-electron chi connectivity index (χ4n) is 4.68. The number of methoxy groups -OCH3 is 3. The van der Waals surface area contributed by atoms with E-state index in [2.05, 4.69) is 27.9 Å². The summed E-state index contributed by atoms with van der Waals surface area (Å²) in [7, 11) is 4.60. The van der Waals surface area contributed by atoms with Crippen molar-refractivity contribution in [3.8, 4) is 28.4 Å². The van der Waals surface area contributed by atoms with Crippen molar-refractivity contribution in [2.45, 2.75) is 50.2 Å². The standard InChI is InChI=1S/C27H32INO7S/c1-15(30)29-20-10-8-17-19(14-36-23(32)7-6-12-28)25(33-2)27(35-4)26(34-3)24(17)16-9-11-22(37-5)21(31)13-18(16)20/h9,11,13,20H,6-8,10,12,14H2,1-5H3,(H,29,30). The maximum atomic E-state index is 13.0. The van der Waals surface area contributed by atoms with Crippen LogP contribution < -0.4 is 25.0 Å². The Morgan fingerprint density at radius 1 is 1.11 bits per heavy atom. The van der Waals surface area contributed by atoms with Crippen molar-refractivity contribution in [3.05, 3.63) is 45.1 Å². The fourth-order valence-corrected chi connectivity index (χ4v) is 5.52. The summed E-state index contributed by atoms with van der Waals surface area (Å²) in [6.07, 6.45) is 3.94. The average molecular weight is 642 g/mol. The van der Waals surface area contributed by atoms with Crippen LogP contribution in [0.1, 0.15) is 48.9 Å². The molecule has 10 heteroatoms. The lowest BCUT2D eigenvalue weighted by atomic mass is 9.91. The number of nitrogens with one attached hydrogen (secondary N) is 1. The van der Waals surface area contributed by atoms with Gasteiger partial charge in [-0.05, 0) is 54.3 Å². The molecule has 2 aromatic carbocycles. The van der Waals surface area contributed by atoms with Crippen LogP contribution >= 0.6 is 34.4 Å². The van der Waals surface area contributed by atoms with E-state index in [9.17, 15) is 14.4 Å². The third-order valence-corrected chi connectivity index (χ3v) is 7.79. The van der Waals surface area contributed by atoms with E-state index < -0.39 is 6.04 Å². The Kier molecular flexibility index (Phi) is 10.5. The summed E-state index contributed by atoms with van der Waals surface area (Å²) in [4.78, 5) is 38.1. The van der Waals surface area contributed by atoms with Crippen molar-refractivity contribution in [2.75, 3.05) is 32.0 Å². The van der Waals surface area contributed by atoms with Gasteiger partial charge in [0.2, 0.25) is 11.7 Å². The molecule has 1 amide bonds. The van der Waals surface area contributed by atoms with Gasteiger partial charge in [-0.15, -0.1) is 11.8 Å². The summed E-state index contributed by atoms with van der Waals surface area (Å²) in [6.45, 7) is 1.45. The van der Waals surface area contributed by atoms with E-state index in [0.717, 1.165) is 27.5 Å². The van der Waals surface area contributed by atoms with Gasteiger partial charge in [-0.25, -0.2) is 0 Å². The lowest BCUT2D eigenvalue weighted by molar-refractivity contribution is -0.145. The number of esters is 1. The number of amides is 1. The summed E-state index contributed by atoms with van der Waals surface area (Å²) in [5, 5.41) is 3.00. The van der Waals surface area contributed by atoms with Crippen LogP contribution in [0.2, 0.25) is 0 Å². The second-order valence-electron chi connectivity index (χ2n) is 8.46. The van der Waals surface area contributed by atoms with Crippen molar-refractivity contribution in [1.29, 1.82) is 0 Å². The van der Waals surface area contributed by atoms with Gasteiger partial charge in [0.15, 0.2) is 16.9 Å². The number of alkyl halides is 1. The largest absolute Gasteiger partial charge is 0.492 e. The van der Waals surface area contributed by atoms with E-state index in [1.54, 1.807) is 19.2 Å². The van der Waals surface area contributed by atoms with Crippen molar-refractivity contribution < 1.29 is 28.5 Å². The molecule has 0 bridgehead atoms. The summed E-state index contributed by atoms with van der Waals surface area (Å²) >= 11 is 3.59. The van der Waals surface area contributed by atoms with Gasteiger partial charge in [0, 0.05) is 28.9 Å². The smallest absolute Gasteiger partial charge is 0.306 e. The van der Waals surface area contributed by atoms with E-state index >= 15 is 0 Å². The van der Waals surface area contributed by atoms with Crippen LogP contribution in [0, 0.1) is 0 Å². The zero-order chi connectivity index (χ0) is 27.1. The van der Waals surface area contributed by atoms with Gasteiger partial charge in [-0.3, -0.25) is 14.4 Å². The quantitative estimate of drug-likeness (QED) is 0.170. The molecule has 0 radical (unpaired) electrons. The molecule has 3 rings (SSSR count). The van der Waals surface area contributed by atoms with Crippen molar-refractivity contribution in [1.82, 2.24) is 5.32 Å². The molecular formula is C27H32INO7S. The number of hydrogen-bond acceptors (Lipinski definition) is 8. The number of halogens is 1. The summed E-state index contributed by atoms with van der Waals surface area (Å²) in [6, 6.07) is 4.85. The molecule has 1 atom stereocenters. The van der Waals surface area contributed by atoms with E-state index in [1.807, 2.05) is 12.3 Å². The van der Waals surface area contributed by atoms with Crippen molar-refractivity contribution in [3.63, 3.8) is 0 Å². The first kappa shape index (κ1) is 29.1. The lowest BCUT2D eigenvalue weighted by Gasteiger charge is -2.23. The summed E-state index contributed by atoms with van der Waals surface area (Å²) in [5.41, 5.74) is 3.55. The zero-order valence-electron chi connectivity index (χ0n) is 21.7.